The molecule has 0 radical (unpaired) electrons. The van der Waals surface area contributed by atoms with Gasteiger partial charge in [-0.3, -0.25) is 13.9 Å². The van der Waals surface area contributed by atoms with Crippen LogP contribution in [0.4, 0.5) is 0 Å². The van der Waals surface area contributed by atoms with Gasteiger partial charge in [-0.15, -0.1) is 0 Å². The highest BCUT2D eigenvalue weighted by Gasteiger charge is 2.20. The van der Waals surface area contributed by atoms with Crippen molar-refractivity contribution in [3.05, 3.63) is 38.6 Å². The predicted molar refractivity (Wildman–Crippen MR) is 116 cm³/mol. The average Bonchev–Trinajstić information content (AvgIpc) is 3.43. The van der Waals surface area contributed by atoms with Gasteiger partial charge in [0.05, 0.1) is 24.7 Å². The fraction of sp³-hybridized carbons (Fsp3) is 0.600. The molecule has 1 aliphatic heterocycles. The molecule has 0 spiro atoms. The number of ether oxygens (including phenoxy) is 1. The Hall–Kier alpha value is -2.33. The van der Waals surface area contributed by atoms with Crippen molar-refractivity contribution in [1.82, 2.24) is 28.2 Å². The van der Waals surface area contributed by atoms with Crippen LogP contribution in [0, 0.1) is 13.8 Å². The zero-order valence-corrected chi connectivity index (χ0v) is 18.7. The Morgan fingerprint density at radius 1 is 1.23 bits per heavy atom. The first-order valence-electron chi connectivity index (χ1n) is 10.3. The van der Waals surface area contributed by atoms with Gasteiger partial charge in [0, 0.05) is 38.7 Å². The van der Waals surface area contributed by atoms with E-state index in [4.69, 9.17) is 9.72 Å². The van der Waals surface area contributed by atoms with E-state index in [-0.39, 0.29) is 17.4 Å². The first-order chi connectivity index (χ1) is 14.4. The molecule has 1 atom stereocenters. The lowest BCUT2D eigenvalue weighted by atomic mass is 10.2. The molecule has 0 saturated carbocycles. The third-order valence-electron chi connectivity index (χ3n) is 5.79. The molecule has 3 aromatic heterocycles. The van der Waals surface area contributed by atoms with Gasteiger partial charge in [0.25, 0.3) is 5.56 Å². The first-order valence-corrected chi connectivity index (χ1v) is 11.3. The van der Waals surface area contributed by atoms with Crippen LogP contribution in [0.25, 0.3) is 11.2 Å². The molecular formula is C20H28N6O3S. The summed E-state index contributed by atoms with van der Waals surface area (Å²) in [7, 11) is 3.41. The molecule has 0 aliphatic carbocycles. The predicted octanol–water partition coefficient (Wildman–Crippen LogP) is 1.61. The Labute approximate surface area is 178 Å². The van der Waals surface area contributed by atoms with Crippen molar-refractivity contribution in [3.63, 3.8) is 0 Å². The third kappa shape index (κ3) is 3.74. The van der Waals surface area contributed by atoms with Crippen molar-refractivity contribution >= 4 is 22.9 Å². The number of imidazole rings is 2. The molecular weight excluding hydrogens is 404 g/mol. The Balaban J connectivity index is 1.46. The van der Waals surface area contributed by atoms with Crippen LogP contribution in [-0.2, 0) is 31.9 Å². The maximum Gasteiger partial charge on any atom is 0.332 e. The second kappa shape index (κ2) is 8.43. The largest absolute Gasteiger partial charge is 0.376 e. The van der Waals surface area contributed by atoms with Crippen molar-refractivity contribution in [2.75, 3.05) is 12.4 Å². The summed E-state index contributed by atoms with van der Waals surface area (Å²) in [6, 6.07) is 0. The molecule has 1 aliphatic rings. The highest BCUT2D eigenvalue weighted by Crippen LogP contribution is 2.24. The minimum absolute atomic E-state index is 0.254. The van der Waals surface area contributed by atoms with Crippen molar-refractivity contribution in [2.24, 2.45) is 14.1 Å². The number of fused-ring (bicyclic) bond motifs is 1. The summed E-state index contributed by atoms with van der Waals surface area (Å²) >= 11 is 1.66. The minimum Gasteiger partial charge on any atom is -0.376 e. The Morgan fingerprint density at radius 3 is 2.77 bits per heavy atom. The lowest BCUT2D eigenvalue weighted by Crippen LogP contribution is -2.39. The molecule has 162 valence electrons. The molecule has 0 bridgehead atoms. The molecule has 4 rings (SSSR count). The highest BCUT2D eigenvalue weighted by atomic mass is 32.2. The van der Waals surface area contributed by atoms with Gasteiger partial charge in [0.2, 0.25) is 0 Å². The summed E-state index contributed by atoms with van der Waals surface area (Å²) in [5, 5.41) is 0.975. The molecule has 0 amide bonds. The number of hydrogen-bond acceptors (Lipinski definition) is 6. The van der Waals surface area contributed by atoms with Crippen molar-refractivity contribution < 1.29 is 4.74 Å². The van der Waals surface area contributed by atoms with E-state index in [0.717, 1.165) is 42.6 Å². The highest BCUT2D eigenvalue weighted by molar-refractivity contribution is 7.99. The Kier molecular flexibility index (Phi) is 5.88. The zero-order valence-electron chi connectivity index (χ0n) is 17.9. The van der Waals surface area contributed by atoms with E-state index in [1.54, 1.807) is 36.8 Å². The standard InChI is InChI=1S/C20H28N6O3S/c1-13-14(2)26(11-15-7-5-9-29-15)19(22-13)30-10-6-8-25-18(27)16-17(21-12-23(16)3)24(4)20(25)28/h12,15H,5-11H2,1-4H3/t15-/m1/s1. The van der Waals surface area contributed by atoms with E-state index < -0.39 is 0 Å². The van der Waals surface area contributed by atoms with Crippen LogP contribution in [0.5, 0.6) is 0 Å². The van der Waals surface area contributed by atoms with Gasteiger partial charge < -0.3 is 13.9 Å². The molecule has 1 fully saturated rings. The first kappa shape index (κ1) is 20.9. The molecule has 30 heavy (non-hydrogen) atoms. The van der Waals surface area contributed by atoms with E-state index in [1.165, 1.54) is 14.8 Å². The maximum atomic E-state index is 12.8. The molecule has 3 aromatic rings. The normalized spacial score (nSPS) is 16.7. The summed E-state index contributed by atoms with van der Waals surface area (Å²) in [6.07, 6.45) is 4.70. The van der Waals surface area contributed by atoms with Crippen LogP contribution >= 0.6 is 11.8 Å². The summed E-state index contributed by atoms with van der Waals surface area (Å²) in [4.78, 5) is 34.3. The monoisotopic (exact) mass is 432 g/mol. The molecule has 9 nitrogen and oxygen atoms in total. The van der Waals surface area contributed by atoms with E-state index >= 15 is 0 Å². The molecule has 10 heteroatoms. The molecule has 0 aromatic carbocycles. The number of thioether (sulfide) groups is 1. The quantitative estimate of drug-likeness (QED) is 0.416. The van der Waals surface area contributed by atoms with Crippen LogP contribution < -0.4 is 11.2 Å². The van der Waals surface area contributed by atoms with E-state index in [1.807, 2.05) is 6.92 Å². The lowest BCUT2D eigenvalue weighted by molar-refractivity contribution is 0.0945. The molecule has 0 unspecified atom stereocenters. The van der Waals surface area contributed by atoms with Gasteiger partial charge >= 0.3 is 5.69 Å². The maximum absolute atomic E-state index is 12.8. The van der Waals surface area contributed by atoms with Crippen molar-refractivity contribution in [2.45, 2.75) is 57.5 Å². The van der Waals surface area contributed by atoms with Crippen molar-refractivity contribution in [3.8, 4) is 0 Å². The average molecular weight is 433 g/mol. The van der Waals surface area contributed by atoms with Crippen LogP contribution in [-0.4, -0.2) is 46.7 Å². The Morgan fingerprint density at radius 2 is 2.03 bits per heavy atom. The molecule has 4 heterocycles. The minimum atomic E-state index is -0.331. The summed E-state index contributed by atoms with van der Waals surface area (Å²) in [6.45, 7) is 6.15. The number of aromatic nitrogens is 6. The van der Waals surface area contributed by atoms with E-state index in [9.17, 15) is 9.59 Å². The third-order valence-corrected chi connectivity index (χ3v) is 6.85. The lowest BCUT2D eigenvalue weighted by Gasteiger charge is -2.14. The van der Waals surface area contributed by atoms with Crippen LogP contribution in [0.3, 0.4) is 0 Å². The van der Waals surface area contributed by atoms with Gasteiger partial charge in [-0.05, 0) is 33.1 Å². The SMILES string of the molecule is Cc1nc(SCCCn2c(=O)c3c(ncn3C)n(C)c2=O)n(C[C@H]2CCCO2)c1C. The van der Waals surface area contributed by atoms with E-state index in [0.29, 0.717) is 24.1 Å². The topological polar surface area (TPSA) is 88.9 Å². The smallest absolute Gasteiger partial charge is 0.332 e. The van der Waals surface area contributed by atoms with Gasteiger partial charge in [0.15, 0.2) is 16.3 Å². The zero-order chi connectivity index (χ0) is 21.4. The van der Waals surface area contributed by atoms with Crippen molar-refractivity contribution in [1.29, 1.82) is 0 Å². The fourth-order valence-corrected chi connectivity index (χ4v) is 4.95. The summed E-state index contributed by atoms with van der Waals surface area (Å²) in [5.74, 6) is 0.764. The van der Waals surface area contributed by atoms with Gasteiger partial charge in [0.1, 0.15) is 0 Å². The second-order valence-corrected chi connectivity index (χ2v) is 8.90. The number of hydrogen-bond donors (Lipinski definition) is 0. The fourth-order valence-electron chi connectivity index (χ4n) is 3.92. The van der Waals surface area contributed by atoms with Crippen LogP contribution in [0.1, 0.15) is 30.7 Å². The van der Waals surface area contributed by atoms with Crippen LogP contribution in [0.2, 0.25) is 0 Å². The number of rotatable bonds is 7. The van der Waals surface area contributed by atoms with E-state index in [2.05, 4.69) is 16.5 Å². The Bertz CT molecular complexity index is 1180. The molecule has 1 saturated heterocycles. The van der Waals surface area contributed by atoms with Crippen LogP contribution in [0.15, 0.2) is 21.1 Å². The number of nitrogens with zero attached hydrogens (tertiary/aromatic N) is 6. The van der Waals surface area contributed by atoms with Gasteiger partial charge in [-0.25, -0.2) is 14.8 Å². The summed E-state index contributed by atoms with van der Waals surface area (Å²) in [5.41, 5.74) is 2.44. The summed E-state index contributed by atoms with van der Waals surface area (Å²) < 4.78 is 12.4. The number of aryl methyl sites for hydroxylation is 3. The second-order valence-electron chi connectivity index (χ2n) is 7.84. The van der Waals surface area contributed by atoms with Gasteiger partial charge in [-0.1, -0.05) is 11.8 Å². The molecule has 0 N–H and O–H groups in total. The van der Waals surface area contributed by atoms with Gasteiger partial charge in [-0.2, -0.15) is 0 Å².